The van der Waals surface area contributed by atoms with Crippen molar-refractivity contribution in [3.8, 4) is 5.75 Å². The van der Waals surface area contributed by atoms with Crippen molar-refractivity contribution in [1.29, 1.82) is 0 Å². The normalized spacial score (nSPS) is 13.6. The highest BCUT2D eigenvalue weighted by atomic mass is 16.5. The fraction of sp³-hybridized carbons (Fsp3) is 0.467. The van der Waals surface area contributed by atoms with Gasteiger partial charge in [0.1, 0.15) is 12.3 Å². The molecule has 0 radical (unpaired) electrons. The first-order chi connectivity index (χ1) is 10.1. The van der Waals surface area contributed by atoms with Gasteiger partial charge in [0.15, 0.2) is 0 Å². The van der Waals surface area contributed by atoms with Crippen LogP contribution in [0.4, 0.5) is 10.5 Å². The third kappa shape index (κ3) is 4.66. The summed E-state index contributed by atoms with van der Waals surface area (Å²) >= 11 is 0. The lowest BCUT2D eigenvalue weighted by molar-refractivity contribution is -0.137. The van der Waals surface area contributed by atoms with Crippen LogP contribution < -0.4 is 10.1 Å². The highest BCUT2D eigenvalue weighted by Crippen LogP contribution is 2.30. The summed E-state index contributed by atoms with van der Waals surface area (Å²) in [6, 6.07) is 6.71. The number of ether oxygens (including phenoxy) is 1. The second-order valence-electron chi connectivity index (χ2n) is 5.08. The van der Waals surface area contributed by atoms with Gasteiger partial charge in [-0.3, -0.25) is 4.79 Å². The minimum atomic E-state index is -1.01. The van der Waals surface area contributed by atoms with Crippen LogP contribution in [0.15, 0.2) is 24.3 Å². The van der Waals surface area contributed by atoms with Crippen molar-refractivity contribution in [2.75, 3.05) is 25.0 Å². The summed E-state index contributed by atoms with van der Waals surface area (Å²) < 4.78 is 5.44. The molecule has 1 aromatic rings. The number of anilines is 1. The molecule has 0 aromatic heterocycles. The van der Waals surface area contributed by atoms with Gasteiger partial charge < -0.3 is 20.1 Å². The van der Waals surface area contributed by atoms with Crippen molar-refractivity contribution in [2.45, 2.75) is 19.8 Å². The molecule has 0 spiro atoms. The number of hydrogen-bond donors (Lipinski definition) is 2. The van der Waals surface area contributed by atoms with Gasteiger partial charge in [0.05, 0.1) is 12.3 Å². The van der Waals surface area contributed by atoms with Crippen molar-refractivity contribution >= 4 is 17.7 Å². The summed E-state index contributed by atoms with van der Waals surface area (Å²) in [7, 11) is 0. The number of carboxylic acid groups (broad SMARTS) is 1. The molecule has 1 saturated carbocycles. The van der Waals surface area contributed by atoms with Gasteiger partial charge in [-0.05, 0) is 37.8 Å². The number of urea groups is 1. The molecule has 1 aliphatic carbocycles. The average Bonchev–Trinajstić information content (AvgIpc) is 3.24. The molecule has 6 nitrogen and oxygen atoms in total. The lowest BCUT2D eigenvalue weighted by Crippen LogP contribution is -2.40. The summed E-state index contributed by atoms with van der Waals surface area (Å²) in [6.07, 6.45) is 2.11. The molecule has 0 saturated heterocycles. The lowest BCUT2D eigenvalue weighted by atomic mass is 10.3. The SMILES string of the molecule is CCOc1ccccc1NC(=O)N(CC(=O)O)CC1CC1. The molecule has 21 heavy (non-hydrogen) atoms. The van der Waals surface area contributed by atoms with E-state index in [4.69, 9.17) is 9.84 Å². The Bertz CT molecular complexity index is 514. The summed E-state index contributed by atoms with van der Waals surface area (Å²) in [5.41, 5.74) is 0.551. The molecule has 1 fully saturated rings. The predicted molar refractivity (Wildman–Crippen MR) is 78.6 cm³/mol. The quantitative estimate of drug-likeness (QED) is 0.809. The van der Waals surface area contributed by atoms with Crippen LogP contribution >= 0.6 is 0 Å². The summed E-state index contributed by atoms with van der Waals surface area (Å²) in [4.78, 5) is 24.5. The molecule has 1 aromatic carbocycles. The number of carbonyl (C=O) groups excluding carboxylic acids is 1. The Morgan fingerprint density at radius 1 is 1.38 bits per heavy atom. The molecule has 1 aliphatic rings. The van der Waals surface area contributed by atoms with Crippen molar-refractivity contribution in [1.82, 2.24) is 4.90 Å². The first-order valence-electron chi connectivity index (χ1n) is 7.09. The fourth-order valence-corrected chi connectivity index (χ4v) is 2.04. The number of aliphatic carboxylic acids is 1. The zero-order valence-electron chi connectivity index (χ0n) is 12.0. The highest BCUT2D eigenvalue weighted by molar-refractivity contribution is 5.92. The van der Waals surface area contributed by atoms with Gasteiger partial charge >= 0.3 is 12.0 Å². The van der Waals surface area contributed by atoms with Gasteiger partial charge in [-0.1, -0.05) is 12.1 Å². The molecule has 0 unspecified atom stereocenters. The topological polar surface area (TPSA) is 78.9 Å². The van der Waals surface area contributed by atoms with Crippen molar-refractivity contribution < 1.29 is 19.4 Å². The molecule has 0 bridgehead atoms. The van der Waals surface area contributed by atoms with E-state index in [1.807, 2.05) is 13.0 Å². The molecule has 114 valence electrons. The van der Waals surface area contributed by atoms with Crippen LogP contribution in [0, 0.1) is 5.92 Å². The van der Waals surface area contributed by atoms with Gasteiger partial charge in [-0.15, -0.1) is 0 Å². The number of hydrogen-bond acceptors (Lipinski definition) is 3. The third-order valence-electron chi connectivity index (χ3n) is 3.22. The maximum atomic E-state index is 12.3. The molecule has 0 aliphatic heterocycles. The maximum absolute atomic E-state index is 12.3. The zero-order chi connectivity index (χ0) is 15.2. The second kappa shape index (κ2) is 6.97. The number of amides is 2. The van der Waals surface area contributed by atoms with Gasteiger partial charge in [-0.25, -0.2) is 4.79 Å². The summed E-state index contributed by atoms with van der Waals surface area (Å²) in [5.74, 6) is -0.00354. The zero-order valence-corrected chi connectivity index (χ0v) is 12.0. The van der Waals surface area contributed by atoms with Gasteiger partial charge in [0, 0.05) is 6.54 Å². The van der Waals surface area contributed by atoms with E-state index < -0.39 is 12.0 Å². The molecular formula is C15H20N2O4. The third-order valence-corrected chi connectivity index (χ3v) is 3.22. The standard InChI is InChI=1S/C15H20N2O4/c1-2-21-13-6-4-3-5-12(13)16-15(20)17(10-14(18)19)9-11-7-8-11/h3-6,11H,2,7-10H2,1H3,(H,16,20)(H,18,19). The van der Waals surface area contributed by atoms with E-state index in [1.54, 1.807) is 18.2 Å². The van der Waals surface area contributed by atoms with Crippen LogP contribution in [0.1, 0.15) is 19.8 Å². The van der Waals surface area contributed by atoms with Crippen LogP contribution in [-0.4, -0.2) is 41.7 Å². The first-order valence-corrected chi connectivity index (χ1v) is 7.09. The van der Waals surface area contributed by atoms with E-state index in [-0.39, 0.29) is 6.54 Å². The second-order valence-corrected chi connectivity index (χ2v) is 5.08. The van der Waals surface area contributed by atoms with E-state index in [9.17, 15) is 9.59 Å². The Balaban J connectivity index is 2.04. The first kappa shape index (κ1) is 15.2. The Kier molecular flexibility index (Phi) is 5.03. The average molecular weight is 292 g/mol. The maximum Gasteiger partial charge on any atom is 0.323 e. The number of para-hydroxylation sites is 2. The van der Waals surface area contributed by atoms with Gasteiger partial charge in [-0.2, -0.15) is 0 Å². The van der Waals surface area contributed by atoms with Crippen LogP contribution in [0.3, 0.4) is 0 Å². The Labute approximate surface area is 123 Å². The largest absolute Gasteiger partial charge is 0.492 e. The number of carbonyl (C=O) groups is 2. The van der Waals surface area contributed by atoms with E-state index in [1.165, 1.54) is 4.90 Å². The monoisotopic (exact) mass is 292 g/mol. The smallest absolute Gasteiger partial charge is 0.323 e. The Hall–Kier alpha value is -2.24. The lowest BCUT2D eigenvalue weighted by Gasteiger charge is -2.21. The van der Waals surface area contributed by atoms with E-state index in [0.29, 0.717) is 30.5 Å². The van der Waals surface area contributed by atoms with E-state index >= 15 is 0 Å². The fourth-order valence-electron chi connectivity index (χ4n) is 2.04. The highest BCUT2D eigenvalue weighted by Gasteiger charge is 2.28. The minimum absolute atomic E-state index is 0.293. The molecule has 0 atom stereocenters. The molecule has 2 rings (SSSR count). The van der Waals surface area contributed by atoms with Gasteiger partial charge in [0.2, 0.25) is 0 Å². The van der Waals surface area contributed by atoms with Crippen LogP contribution in [0.25, 0.3) is 0 Å². The molecule has 2 N–H and O–H groups in total. The van der Waals surface area contributed by atoms with Crippen LogP contribution in [0.5, 0.6) is 5.75 Å². The number of rotatable bonds is 7. The number of benzene rings is 1. The summed E-state index contributed by atoms with van der Waals surface area (Å²) in [6.45, 7) is 2.55. The molecular weight excluding hydrogens is 272 g/mol. The Morgan fingerprint density at radius 3 is 2.71 bits per heavy atom. The van der Waals surface area contributed by atoms with Gasteiger partial charge in [0.25, 0.3) is 0 Å². The van der Waals surface area contributed by atoms with Crippen LogP contribution in [0.2, 0.25) is 0 Å². The number of carboxylic acids is 1. The molecule has 0 heterocycles. The molecule has 6 heteroatoms. The van der Waals surface area contributed by atoms with Crippen molar-refractivity contribution in [3.05, 3.63) is 24.3 Å². The van der Waals surface area contributed by atoms with E-state index in [2.05, 4.69) is 5.32 Å². The van der Waals surface area contributed by atoms with Crippen molar-refractivity contribution in [3.63, 3.8) is 0 Å². The number of nitrogens with zero attached hydrogens (tertiary/aromatic N) is 1. The van der Waals surface area contributed by atoms with Crippen LogP contribution in [-0.2, 0) is 4.79 Å². The van der Waals surface area contributed by atoms with E-state index in [0.717, 1.165) is 12.8 Å². The Morgan fingerprint density at radius 2 is 2.10 bits per heavy atom. The predicted octanol–water partition coefficient (Wildman–Crippen LogP) is 2.41. The minimum Gasteiger partial charge on any atom is -0.492 e. The summed E-state index contributed by atoms with van der Waals surface area (Å²) in [5, 5.41) is 11.7. The van der Waals surface area contributed by atoms with Crippen molar-refractivity contribution in [2.24, 2.45) is 5.92 Å². The molecule has 2 amide bonds. The number of nitrogens with one attached hydrogen (secondary N) is 1.